The summed E-state index contributed by atoms with van der Waals surface area (Å²) in [5.74, 6) is 0. The van der Waals surface area contributed by atoms with E-state index in [0.717, 1.165) is 52.4 Å². The second-order valence-corrected chi connectivity index (χ2v) is 4.98. The number of nitrogens with zero attached hydrogens (tertiary/aromatic N) is 3. The summed E-state index contributed by atoms with van der Waals surface area (Å²) in [7, 11) is 0. The number of aliphatic hydroxyl groups excluding tert-OH is 1. The van der Waals surface area contributed by atoms with Gasteiger partial charge in [-0.05, 0) is 32.7 Å². The van der Waals surface area contributed by atoms with Crippen molar-refractivity contribution >= 4 is 0 Å². The van der Waals surface area contributed by atoms with Gasteiger partial charge >= 0.3 is 0 Å². The summed E-state index contributed by atoms with van der Waals surface area (Å²) in [5.41, 5.74) is 0. The number of aliphatic hydroxyl groups is 1. The van der Waals surface area contributed by atoms with Crippen LogP contribution in [0.25, 0.3) is 0 Å². The fourth-order valence-electron chi connectivity index (χ4n) is 2.53. The average Bonchev–Trinajstić information content (AvgIpc) is 2.46. The van der Waals surface area contributed by atoms with Gasteiger partial charge in [-0.3, -0.25) is 4.90 Å². The van der Waals surface area contributed by atoms with Crippen molar-refractivity contribution in [3.05, 3.63) is 0 Å². The molecule has 1 N–H and O–H groups in total. The summed E-state index contributed by atoms with van der Waals surface area (Å²) in [6.45, 7) is 19.7. The van der Waals surface area contributed by atoms with E-state index in [2.05, 4.69) is 49.3 Å². The van der Waals surface area contributed by atoms with Crippen molar-refractivity contribution in [2.45, 2.75) is 40.7 Å². The normalized spacial score (nSPS) is 13.7. The highest BCUT2D eigenvalue weighted by Crippen LogP contribution is 2.03. The van der Waals surface area contributed by atoms with Gasteiger partial charge in [0.1, 0.15) is 0 Å². The molecule has 0 aromatic carbocycles. The fraction of sp³-hybridized carbons (Fsp3) is 1.00. The van der Waals surface area contributed by atoms with Crippen LogP contribution in [0.15, 0.2) is 0 Å². The van der Waals surface area contributed by atoms with E-state index < -0.39 is 0 Å². The lowest BCUT2D eigenvalue weighted by molar-refractivity contribution is 0.0915. The topological polar surface area (TPSA) is 30.0 Å². The lowest BCUT2D eigenvalue weighted by Gasteiger charge is -2.33. The molecule has 0 saturated heterocycles. The van der Waals surface area contributed by atoms with Crippen molar-refractivity contribution in [3.8, 4) is 0 Å². The van der Waals surface area contributed by atoms with Gasteiger partial charge in [0.2, 0.25) is 0 Å². The zero-order valence-electron chi connectivity index (χ0n) is 13.7. The van der Waals surface area contributed by atoms with Crippen molar-refractivity contribution in [2.24, 2.45) is 0 Å². The van der Waals surface area contributed by atoms with Crippen molar-refractivity contribution < 1.29 is 5.11 Å². The molecule has 0 aromatic heterocycles. The number of likely N-dealkylation sites (N-methyl/N-ethyl adjacent to an activating group) is 3. The van der Waals surface area contributed by atoms with E-state index in [0.29, 0.717) is 0 Å². The molecule has 0 aliphatic carbocycles. The van der Waals surface area contributed by atoms with Gasteiger partial charge in [0.25, 0.3) is 0 Å². The van der Waals surface area contributed by atoms with E-state index in [-0.39, 0.29) is 12.6 Å². The molecule has 0 bridgehead atoms. The minimum absolute atomic E-state index is 0.253. The van der Waals surface area contributed by atoms with Gasteiger partial charge in [0.15, 0.2) is 0 Å². The number of hydrogen-bond donors (Lipinski definition) is 1. The molecule has 0 amide bonds. The number of hydrogen-bond acceptors (Lipinski definition) is 4. The van der Waals surface area contributed by atoms with E-state index >= 15 is 0 Å². The van der Waals surface area contributed by atoms with E-state index in [9.17, 15) is 5.11 Å². The second-order valence-electron chi connectivity index (χ2n) is 4.98. The minimum Gasteiger partial charge on any atom is -0.395 e. The summed E-state index contributed by atoms with van der Waals surface area (Å²) in [4.78, 5) is 7.26. The van der Waals surface area contributed by atoms with Gasteiger partial charge in [0, 0.05) is 25.7 Å². The largest absolute Gasteiger partial charge is 0.395 e. The molecule has 0 spiro atoms. The highest BCUT2D eigenvalue weighted by Gasteiger charge is 2.17. The predicted octanol–water partition coefficient (Wildman–Crippen LogP) is 1.35. The van der Waals surface area contributed by atoms with Crippen molar-refractivity contribution in [1.29, 1.82) is 0 Å². The molecule has 4 heteroatoms. The summed E-state index contributed by atoms with van der Waals surface area (Å²) >= 11 is 0. The Labute approximate surface area is 120 Å². The quantitative estimate of drug-likeness (QED) is 0.581. The third-order valence-corrected chi connectivity index (χ3v) is 4.08. The molecule has 0 fully saturated rings. The van der Waals surface area contributed by atoms with Crippen LogP contribution in [-0.2, 0) is 0 Å². The Bertz CT molecular complexity index is 194. The lowest BCUT2D eigenvalue weighted by Crippen LogP contribution is -2.47. The molecular weight excluding hydrogens is 238 g/mol. The smallest absolute Gasteiger partial charge is 0.0599 e. The van der Waals surface area contributed by atoms with Gasteiger partial charge in [-0.2, -0.15) is 0 Å². The lowest BCUT2D eigenvalue weighted by atomic mass is 10.2. The summed E-state index contributed by atoms with van der Waals surface area (Å²) < 4.78 is 0. The van der Waals surface area contributed by atoms with Crippen LogP contribution in [0.4, 0.5) is 0 Å². The fourth-order valence-corrected chi connectivity index (χ4v) is 2.53. The molecule has 0 aromatic rings. The molecule has 0 aliphatic heterocycles. The van der Waals surface area contributed by atoms with Gasteiger partial charge < -0.3 is 14.9 Å². The first-order valence-corrected chi connectivity index (χ1v) is 7.96. The first-order chi connectivity index (χ1) is 9.16. The van der Waals surface area contributed by atoms with E-state index in [4.69, 9.17) is 0 Å². The Balaban J connectivity index is 4.27. The molecule has 0 rings (SSSR count). The first-order valence-electron chi connectivity index (χ1n) is 7.96. The Morgan fingerprint density at radius 1 is 0.737 bits per heavy atom. The zero-order valence-corrected chi connectivity index (χ0v) is 13.7. The SMILES string of the molecule is CCN(CC)CCN(CC)CC(CO)N(CC)CC. The molecule has 0 saturated carbocycles. The molecule has 1 unspecified atom stereocenters. The summed E-state index contributed by atoms with van der Waals surface area (Å²) in [5, 5.41) is 9.59. The van der Waals surface area contributed by atoms with E-state index in [1.807, 2.05) is 0 Å². The zero-order chi connectivity index (χ0) is 14.7. The van der Waals surface area contributed by atoms with Crippen molar-refractivity contribution in [3.63, 3.8) is 0 Å². The Hall–Kier alpha value is -0.160. The van der Waals surface area contributed by atoms with Crippen LogP contribution >= 0.6 is 0 Å². The first kappa shape index (κ1) is 18.8. The van der Waals surface area contributed by atoms with Gasteiger partial charge in [-0.25, -0.2) is 0 Å². The van der Waals surface area contributed by atoms with Crippen molar-refractivity contribution in [2.75, 3.05) is 59.0 Å². The van der Waals surface area contributed by atoms with Gasteiger partial charge in [-0.1, -0.05) is 34.6 Å². The van der Waals surface area contributed by atoms with Crippen LogP contribution in [0.5, 0.6) is 0 Å². The standard InChI is InChI=1S/C15H35N3O/c1-6-16(7-2)11-12-17(8-3)13-15(14-19)18(9-4)10-5/h15,19H,6-14H2,1-5H3. The maximum atomic E-state index is 9.59. The van der Waals surface area contributed by atoms with Crippen molar-refractivity contribution in [1.82, 2.24) is 14.7 Å². The monoisotopic (exact) mass is 273 g/mol. The Kier molecular flexibility index (Phi) is 11.6. The molecular formula is C15H35N3O. The third-order valence-electron chi connectivity index (χ3n) is 4.08. The predicted molar refractivity (Wildman–Crippen MR) is 83.7 cm³/mol. The van der Waals surface area contributed by atoms with Crippen LogP contribution in [0.2, 0.25) is 0 Å². The van der Waals surface area contributed by atoms with Crippen LogP contribution < -0.4 is 0 Å². The minimum atomic E-state index is 0.253. The summed E-state index contributed by atoms with van der Waals surface area (Å²) in [6, 6.07) is 0.270. The maximum absolute atomic E-state index is 9.59. The average molecular weight is 273 g/mol. The van der Waals surface area contributed by atoms with E-state index in [1.165, 1.54) is 0 Å². The second kappa shape index (κ2) is 11.6. The van der Waals surface area contributed by atoms with Crippen LogP contribution in [0.3, 0.4) is 0 Å². The highest BCUT2D eigenvalue weighted by atomic mass is 16.3. The molecule has 116 valence electrons. The molecule has 1 atom stereocenters. The third kappa shape index (κ3) is 7.25. The van der Waals surface area contributed by atoms with Crippen LogP contribution in [0.1, 0.15) is 34.6 Å². The van der Waals surface area contributed by atoms with Crippen LogP contribution in [-0.4, -0.2) is 84.8 Å². The molecule has 4 nitrogen and oxygen atoms in total. The Morgan fingerprint density at radius 2 is 1.21 bits per heavy atom. The molecule has 0 heterocycles. The molecule has 0 aliphatic rings. The maximum Gasteiger partial charge on any atom is 0.0599 e. The molecule has 0 radical (unpaired) electrons. The van der Waals surface area contributed by atoms with Gasteiger partial charge in [-0.15, -0.1) is 0 Å². The molecule has 19 heavy (non-hydrogen) atoms. The van der Waals surface area contributed by atoms with Gasteiger partial charge in [0.05, 0.1) is 6.61 Å². The highest BCUT2D eigenvalue weighted by molar-refractivity contribution is 4.74. The summed E-state index contributed by atoms with van der Waals surface area (Å²) in [6.07, 6.45) is 0. The van der Waals surface area contributed by atoms with E-state index in [1.54, 1.807) is 0 Å². The number of rotatable bonds is 12. The van der Waals surface area contributed by atoms with Crippen LogP contribution in [0, 0.1) is 0 Å². The Morgan fingerprint density at radius 3 is 1.58 bits per heavy atom.